The van der Waals surface area contributed by atoms with Gasteiger partial charge in [0.1, 0.15) is 6.04 Å². The first-order valence-corrected chi connectivity index (χ1v) is 12.6. The van der Waals surface area contributed by atoms with Crippen molar-refractivity contribution >= 4 is 35.5 Å². The second-order valence-electron chi connectivity index (χ2n) is 8.50. The number of aliphatic carboxylic acids is 1. The number of rotatable bonds is 13. The Hall–Kier alpha value is -2.35. The SMILES string of the molecule is O=C(O)CCCCCCCCCCSc1cccc2c1CN(C1CCC(=O)NC1=O)C2=O. The maximum absolute atomic E-state index is 12.9. The number of nitrogens with zero attached hydrogens (tertiary/aromatic N) is 1. The van der Waals surface area contributed by atoms with E-state index in [-0.39, 0.29) is 30.6 Å². The first kappa shape index (κ1) is 24.3. The third-order valence-electron chi connectivity index (χ3n) is 6.08. The summed E-state index contributed by atoms with van der Waals surface area (Å²) in [6.07, 6.45) is 9.61. The van der Waals surface area contributed by atoms with Crippen LogP contribution >= 0.6 is 11.8 Å². The number of carbonyl (C=O) groups is 4. The van der Waals surface area contributed by atoms with Gasteiger partial charge in [0, 0.05) is 29.8 Å². The molecule has 1 saturated heterocycles. The molecule has 0 spiro atoms. The summed E-state index contributed by atoms with van der Waals surface area (Å²) in [5.41, 5.74) is 1.66. The van der Waals surface area contributed by atoms with E-state index in [1.807, 2.05) is 18.2 Å². The van der Waals surface area contributed by atoms with Crippen molar-refractivity contribution in [2.24, 2.45) is 0 Å². The highest BCUT2D eigenvalue weighted by molar-refractivity contribution is 7.99. The van der Waals surface area contributed by atoms with Crippen LogP contribution in [-0.4, -0.2) is 45.5 Å². The van der Waals surface area contributed by atoms with Crippen molar-refractivity contribution in [2.45, 2.75) is 88.1 Å². The number of piperidine rings is 1. The zero-order chi connectivity index (χ0) is 22.9. The molecule has 2 aliphatic rings. The Morgan fingerprint density at radius 3 is 2.41 bits per heavy atom. The van der Waals surface area contributed by atoms with E-state index in [9.17, 15) is 19.2 Å². The summed E-state index contributed by atoms with van der Waals surface area (Å²) in [7, 11) is 0. The van der Waals surface area contributed by atoms with Gasteiger partial charge in [0.25, 0.3) is 5.91 Å². The summed E-state index contributed by atoms with van der Waals surface area (Å²) in [5, 5.41) is 11.0. The standard InChI is InChI=1S/C24H32N2O5S/c27-21-14-13-19(23(30)25-21)26-16-18-17(24(26)31)10-9-11-20(18)32-15-8-6-4-2-1-3-5-7-12-22(28)29/h9-11,19H,1-8,12-16H2,(H,28,29)(H,25,27,30). The van der Waals surface area contributed by atoms with Crippen LogP contribution < -0.4 is 5.32 Å². The zero-order valence-electron chi connectivity index (χ0n) is 18.4. The third-order valence-corrected chi connectivity index (χ3v) is 7.27. The summed E-state index contributed by atoms with van der Waals surface area (Å²) in [5.74, 6) is -0.495. The number of hydrogen-bond acceptors (Lipinski definition) is 5. The molecule has 2 N–H and O–H groups in total. The topological polar surface area (TPSA) is 104 Å². The molecule has 1 atom stereocenters. The Bertz CT molecular complexity index is 857. The Morgan fingerprint density at radius 2 is 1.72 bits per heavy atom. The largest absolute Gasteiger partial charge is 0.481 e. The van der Waals surface area contributed by atoms with Crippen LogP contribution in [0.2, 0.25) is 0 Å². The van der Waals surface area contributed by atoms with Crippen LogP contribution in [0, 0.1) is 0 Å². The molecule has 7 nitrogen and oxygen atoms in total. The normalized spacial score (nSPS) is 18.1. The fraction of sp³-hybridized carbons (Fsp3) is 0.583. The lowest BCUT2D eigenvalue weighted by Crippen LogP contribution is -2.52. The maximum atomic E-state index is 12.9. The van der Waals surface area contributed by atoms with Gasteiger partial charge < -0.3 is 10.0 Å². The highest BCUT2D eigenvalue weighted by atomic mass is 32.2. The molecule has 0 radical (unpaired) electrons. The number of nitrogens with one attached hydrogen (secondary N) is 1. The van der Waals surface area contributed by atoms with Gasteiger partial charge in [-0.25, -0.2) is 0 Å². The first-order chi connectivity index (χ1) is 15.5. The molecule has 174 valence electrons. The molecule has 1 unspecified atom stereocenters. The number of benzene rings is 1. The molecular weight excluding hydrogens is 428 g/mol. The van der Waals surface area contributed by atoms with Crippen LogP contribution in [0.1, 0.15) is 86.6 Å². The molecule has 0 saturated carbocycles. The number of unbranched alkanes of at least 4 members (excludes halogenated alkanes) is 7. The highest BCUT2D eigenvalue weighted by Crippen LogP contribution is 2.34. The van der Waals surface area contributed by atoms with Crippen LogP contribution in [0.5, 0.6) is 0 Å². The van der Waals surface area contributed by atoms with E-state index in [1.54, 1.807) is 16.7 Å². The Kier molecular flexibility index (Phi) is 9.14. The molecule has 3 amide bonds. The molecule has 0 aliphatic carbocycles. The van der Waals surface area contributed by atoms with E-state index in [2.05, 4.69) is 5.32 Å². The van der Waals surface area contributed by atoms with Gasteiger partial charge in [0.15, 0.2) is 0 Å². The average Bonchev–Trinajstić information content (AvgIpc) is 3.09. The molecular formula is C24H32N2O5S. The Morgan fingerprint density at radius 1 is 1.03 bits per heavy atom. The van der Waals surface area contributed by atoms with E-state index in [0.29, 0.717) is 18.5 Å². The number of carboxylic acids is 1. The van der Waals surface area contributed by atoms with Crippen molar-refractivity contribution in [3.05, 3.63) is 29.3 Å². The monoisotopic (exact) mass is 460 g/mol. The highest BCUT2D eigenvalue weighted by Gasteiger charge is 2.39. The Labute approximate surface area is 193 Å². The second kappa shape index (κ2) is 12.0. The van der Waals surface area contributed by atoms with Gasteiger partial charge in [0.2, 0.25) is 11.8 Å². The van der Waals surface area contributed by atoms with Gasteiger partial charge >= 0.3 is 5.97 Å². The fourth-order valence-corrected chi connectivity index (χ4v) is 5.41. The van der Waals surface area contributed by atoms with Crippen LogP contribution in [-0.2, 0) is 20.9 Å². The molecule has 8 heteroatoms. The van der Waals surface area contributed by atoms with E-state index >= 15 is 0 Å². The fourth-order valence-electron chi connectivity index (χ4n) is 4.31. The molecule has 2 aliphatic heterocycles. The van der Waals surface area contributed by atoms with Crippen molar-refractivity contribution in [1.29, 1.82) is 0 Å². The van der Waals surface area contributed by atoms with Gasteiger partial charge in [-0.1, -0.05) is 44.6 Å². The maximum Gasteiger partial charge on any atom is 0.303 e. The van der Waals surface area contributed by atoms with E-state index in [1.165, 1.54) is 19.3 Å². The number of thioether (sulfide) groups is 1. The van der Waals surface area contributed by atoms with Gasteiger partial charge in [-0.2, -0.15) is 0 Å². The van der Waals surface area contributed by atoms with Crippen LogP contribution in [0.25, 0.3) is 0 Å². The third kappa shape index (κ3) is 6.58. The lowest BCUT2D eigenvalue weighted by Gasteiger charge is -2.29. The number of carbonyl (C=O) groups excluding carboxylic acids is 3. The smallest absolute Gasteiger partial charge is 0.303 e. The second-order valence-corrected chi connectivity index (χ2v) is 9.64. The summed E-state index contributed by atoms with van der Waals surface area (Å²) in [4.78, 5) is 49.7. The molecule has 0 bridgehead atoms. The first-order valence-electron chi connectivity index (χ1n) is 11.6. The molecule has 32 heavy (non-hydrogen) atoms. The lowest BCUT2D eigenvalue weighted by atomic mass is 10.0. The minimum Gasteiger partial charge on any atom is -0.481 e. The van der Waals surface area contributed by atoms with Crippen molar-refractivity contribution in [1.82, 2.24) is 10.2 Å². The summed E-state index contributed by atoms with van der Waals surface area (Å²) in [6.45, 7) is 0.422. The van der Waals surface area contributed by atoms with Crippen molar-refractivity contribution in [2.75, 3.05) is 5.75 Å². The number of carboxylic acid groups (broad SMARTS) is 1. The number of hydrogen-bond donors (Lipinski definition) is 2. The van der Waals surface area contributed by atoms with Crippen molar-refractivity contribution < 1.29 is 24.3 Å². The molecule has 1 aromatic carbocycles. The summed E-state index contributed by atoms with van der Waals surface area (Å²) in [6, 6.07) is 5.19. The van der Waals surface area contributed by atoms with Crippen molar-refractivity contribution in [3.63, 3.8) is 0 Å². The van der Waals surface area contributed by atoms with E-state index in [4.69, 9.17) is 5.11 Å². The predicted molar refractivity (Wildman–Crippen MR) is 122 cm³/mol. The minimum absolute atomic E-state index is 0.125. The Balaban J connectivity index is 1.38. The number of fused-ring (bicyclic) bond motifs is 1. The predicted octanol–water partition coefficient (Wildman–Crippen LogP) is 4.14. The molecule has 2 heterocycles. The average molecular weight is 461 g/mol. The molecule has 1 fully saturated rings. The minimum atomic E-state index is -0.709. The molecule has 1 aromatic rings. The van der Waals surface area contributed by atoms with Crippen LogP contribution in [0.3, 0.4) is 0 Å². The van der Waals surface area contributed by atoms with Gasteiger partial charge in [-0.3, -0.25) is 24.5 Å². The number of imide groups is 1. The molecule has 3 rings (SSSR count). The molecule has 0 aromatic heterocycles. The quantitative estimate of drug-likeness (QED) is 0.261. The summed E-state index contributed by atoms with van der Waals surface area (Å²) < 4.78 is 0. The van der Waals surface area contributed by atoms with Gasteiger partial charge in [-0.15, -0.1) is 11.8 Å². The van der Waals surface area contributed by atoms with Gasteiger partial charge in [0.05, 0.1) is 0 Å². The van der Waals surface area contributed by atoms with Crippen LogP contribution in [0.4, 0.5) is 0 Å². The lowest BCUT2D eigenvalue weighted by molar-refractivity contribution is -0.138. The number of amides is 3. The summed E-state index contributed by atoms with van der Waals surface area (Å²) >= 11 is 1.77. The van der Waals surface area contributed by atoms with Gasteiger partial charge in [-0.05, 0) is 42.7 Å². The zero-order valence-corrected chi connectivity index (χ0v) is 19.3. The van der Waals surface area contributed by atoms with Crippen LogP contribution in [0.15, 0.2) is 23.1 Å². The van der Waals surface area contributed by atoms with Crippen molar-refractivity contribution in [3.8, 4) is 0 Å². The van der Waals surface area contributed by atoms with E-state index in [0.717, 1.165) is 48.3 Å². The van der Waals surface area contributed by atoms with E-state index < -0.39 is 12.0 Å².